The number of aromatic nitrogens is 2. The average Bonchev–Trinajstić information content (AvgIpc) is 3.10. The van der Waals surface area contributed by atoms with Gasteiger partial charge in [0.15, 0.2) is 0 Å². The third-order valence-corrected chi connectivity index (χ3v) is 3.52. The van der Waals surface area contributed by atoms with Gasteiger partial charge in [0.25, 0.3) is 0 Å². The van der Waals surface area contributed by atoms with Crippen LogP contribution in [0.1, 0.15) is 38.3 Å². The predicted octanol–water partition coefficient (Wildman–Crippen LogP) is 1.97. The zero-order valence-electron chi connectivity index (χ0n) is 12.5. The first-order valence-electron chi connectivity index (χ1n) is 7.81. The van der Waals surface area contributed by atoms with Crippen LogP contribution in [0.3, 0.4) is 0 Å². The van der Waals surface area contributed by atoms with Crippen molar-refractivity contribution in [3.63, 3.8) is 0 Å². The number of nitrogens with one attached hydrogen (secondary N) is 1. The van der Waals surface area contributed by atoms with Crippen molar-refractivity contribution in [2.45, 2.75) is 51.8 Å². The molecule has 0 bridgehead atoms. The highest BCUT2D eigenvalue weighted by Crippen LogP contribution is 2.11. The van der Waals surface area contributed by atoms with E-state index in [9.17, 15) is 0 Å². The van der Waals surface area contributed by atoms with Gasteiger partial charge in [0.2, 0.25) is 0 Å². The molecule has 1 fully saturated rings. The molecule has 20 heavy (non-hydrogen) atoms. The van der Waals surface area contributed by atoms with Crippen LogP contribution in [0.5, 0.6) is 0 Å². The molecule has 114 valence electrons. The lowest BCUT2D eigenvalue weighted by molar-refractivity contribution is 0.0166. The molecule has 2 rings (SSSR count). The van der Waals surface area contributed by atoms with Gasteiger partial charge in [-0.3, -0.25) is 4.68 Å². The second-order valence-electron chi connectivity index (χ2n) is 5.29. The molecule has 0 aromatic carbocycles. The van der Waals surface area contributed by atoms with E-state index in [1.165, 1.54) is 12.1 Å². The number of hydrogen-bond donors (Lipinski definition) is 1. The minimum atomic E-state index is 0.339. The lowest BCUT2D eigenvalue weighted by Crippen LogP contribution is -2.20. The van der Waals surface area contributed by atoms with E-state index < -0.39 is 0 Å². The fourth-order valence-corrected chi connectivity index (χ4v) is 2.43. The highest BCUT2D eigenvalue weighted by molar-refractivity contribution is 4.99. The van der Waals surface area contributed by atoms with Crippen molar-refractivity contribution in [2.24, 2.45) is 0 Å². The average molecular weight is 281 g/mol. The second kappa shape index (κ2) is 9.10. The van der Waals surface area contributed by atoms with Crippen molar-refractivity contribution in [1.82, 2.24) is 15.1 Å². The minimum absolute atomic E-state index is 0.339. The number of aryl methyl sites for hydroxylation is 1. The molecule has 1 N–H and O–H groups in total. The largest absolute Gasteiger partial charge is 0.379 e. The van der Waals surface area contributed by atoms with Gasteiger partial charge >= 0.3 is 0 Å². The maximum Gasteiger partial charge on any atom is 0.0809 e. The van der Waals surface area contributed by atoms with Crippen molar-refractivity contribution in [2.75, 3.05) is 26.4 Å². The third kappa shape index (κ3) is 5.23. The van der Waals surface area contributed by atoms with Gasteiger partial charge < -0.3 is 14.8 Å². The summed E-state index contributed by atoms with van der Waals surface area (Å²) in [6, 6.07) is 2.08. The Labute approximate surface area is 121 Å². The number of nitrogens with zero attached hydrogens (tertiary/aromatic N) is 2. The van der Waals surface area contributed by atoms with Crippen LogP contribution in [0.4, 0.5) is 0 Å². The summed E-state index contributed by atoms with van der Waals surface area (Å²) in [5.74, 6) is 0. The zero-order chi connectivity index (χ0) is 14.0. The van der Waals surface area contributed by atoms with E-state index in [-0.39, 0.29) is 0 Å². The first-order valence-corrected chi connectivity index (χ1v) is 7.81. The van der Waals surface area contributed by atoms with Crippen molar-refractivity contribution in [3.05, 3.63) is 18.0 Å². The lowest BCUT2D eigenvalue weighted by atomic mass is 10.2. The molecule has 0 spiro atoms. The number of ether oxygens (including phenoxy) is 2. The summed E-state index contributed by atoms with van der Waals surface area (Å²) in [5.41, 5.74) is 1.26. The Morgan fingerprint density at radius 1 is 1.55 bits per heavy atom. The molecule has 5 heteroatoms. The quantitative estimate of drug-likeness (QED) is 0.666. The molecule has 1 aliphatic rings. The molecule has 1 aromatic rings. The van der Waals surface area contributed by atoms with Crippen molar-refractivity contribution in [3.8, 4) is 0 Å². The van der Waals surface area contributed by atoms with Crippen LogP contribution in [-0.4, -0.2) is 42.2 Å². The van der Waals surface area contributed by atoms with Gasteiger partial charge in [-0.25, -0.2) is 0 Å². The molecule has 1 saturated heterocycles. The van der Waals surface area contributed by atoms with Gasteiger partial charge in [-0.2, -0.15) is 5.10 Å². The highest BCUT2D eigenvalue weighted by atomic mass is 16.5. The minimum Gasteiger partial charge on any atom is -0.379 e. The number of rotatable bonds is 10. The lowest BCUT2D eigenvalue weighted by Gasteiger charge is -2.10. The van der Waals surface area contributed by atoms with Crippen LogP contribution in [0.15, 0.2) is 12.3 Å². The van der Waals surface area contributed by atoms with Crippen LogP contribution < -0.4 is 5.32 Å². The molecular weight excluding hydrogens is 254 g/mol. The molecule has 1 unspecified atom stereocenters. The first-order chi connectivity index (χ1) is 9.90. The van der Waals surface area contributed by atoms with Crippen molar-refractivity contribution < 1.29 is 9.47 Å². The van der Waals surface area contributed by atoms with Crippen LogP contribution in [-0.2, 0) is 22.6 Å². The SMILES string of the molecule is CCCn1nccc1CNCCCOCC1CCCO1. The fourth-order valence-electron chi connectivity index (χ4n) is 2.43. The van der Waals surface area contributed by atoms with Crippen molar-refractivity contribution in [1.29, 1.82) is 0 Å². The summed E-state index contributed by atoms with van der Waals surface area (Å²) < 4.78 is 13.2. The van der Waals surface area contributed by atoms with Gasteiger partial charge in [0.05, 0.1) is 18.4 Å². The van der Waals surface area contributed by atoms with Gasteiger partial charge in [-0.15, -0.1) is 0 Å². The summed E-state index contributed by atoms with van der Waals surface area (Å²) in [6.45, 7) is 7.48. The molecule has 1 atom stereocenters. The Balaban J connectivity index is 1.47. The van der Waals surface area contributed by atoms with Gasteiger partial charge in [0, 0.05) is 32.5 Å². The second-order valence-corrected chi connectivity index (χ2v) is 5.29. The first kappa shape index (κ1) is 15.5. The Morgan fingerprint density at radius 2 is 2.50 bits per heavy atom. The number of hydrogen-bond acceptors (Lipinski definition) is 4. The van der Waals surface area contributed by atoms with Gasteiger partial charge in [0.1, 0.15) is 0 Å². The van der Waals surface area contributed by atoms with E-state index in [1.807, 2.05) is 6.20 Å². The smallest absolute Gasteiger partial charge is 0.0809 e. The van der Waals surface area contributed by atoms with E-state index in [2.05, 4.69) is 28.1 Å². The topological polar surface area (TPSA) is 48.3 Å². The standard InChI is InChI=1S/C15H27N3O2/c1-2-9-18-14(6-8-17-18)12-16-7-4-10-19-13-15-5-3-11-20-15/h6,8,15-16H,2-5,7,9-13H2,1H3. The van der Waals surface area contributed by atoms with Crippen LogP contribution in [0.2, 0.25) is 0 Å². The summed E-state index contributed by atoms with van der Waals surface area (Å²) in [5, 5.41) is 7.76. The highest BCUT2D eigenvalue weighted by Gasteiger charge is 2.14. The predicted molar refractivity (Wildman–Crippen MR) is 78.6 cm³/mol. The fraction of sp³-hybridized carbons (Fsp3) is 0.800. The Kier molecular flexibility index (Phi) is 7.05. The molecular formula is C15H27N3O2. The summed E-state index contributed by atoms with van der Waals surface area (Å²) in [4.78, 5) is 0. The molecule has 2 heterocycles. The normalized spacial score (nSPS) is 18.8. The molecule has 0 saturated carbocycles. The van der Waals surface area contributed by atoms with E-state index in [0.717, 1.165) is 58.7 Å². The Morgan fingerprint density at radius 3 is 3.30 bits per heavy atom. The molecule has 1 aliphatic heterocycles. The van der Waals surface area contributed by atoms with Crippen LogP contribution in [0, 0.1) is 0 Å². The molecule has 0 aliphatic carbocycles. The zero-order valence-corrected chi connectivity index (χ0v) is 12.5. The third-order valence-electron chi connectivity index (χ3n) is 3.52. The summed E-state index contributed by atoms with van der Waals surface area (Å²) in [7, 11) is 0. The maximum atomic E-state index is 5.63. The van der Waals surface area contributed by atoms with E-state index in [0.29, 0.717) is 6.10 Å². The van der Waals surface area contributed by atoms with E-state index in [4.69, 9.17) is 9.47 Å². The summed E-state index contributed by atoms with van der Waals surface area (Å²) >= 11 is 0. The van der Waals surface area contributed by atoms with Crippen LogP contribution >= 0.6 is 0 Å². The Hall–Kier alpha value is -0.910. The van der Waals surface area contributed by atoms with Crippen molar-refractivity contribution >= 4 is 0 Å². The molecule has 1 aromatic heterocycles. The summed E-state index contributed by atoms with van der Waals surface area (Å²) in [6.07, 6.45) is 6.70. The van der Waals surface area contributed by atoms with Gasteiger partial charge in [-0.1, -0.05) is 6.92 Å². The Bertz CT molecular complexity index is 362. The molecule has 0 amide bonds. The monoisotopic (exact) mass is 281 g/mol. The van der Waals surface area contributed by atoms with E-state index >= 15 is 0 Å². The van der Waals surface area contributed by atoms with Gasteiger partial charge in [-0.05, 0) is 38.3 Å². The molecule has 5 nitrogen and oxygen atoms in total. The molecule has 0 radical (unpaired) electrons. The van der Waals surface area contributed by atoms with E-state index in [1.54, 1.807) is 0 Å². The maximum absolute atomic E-state index is 5.63. The van der Waals surface area contributed by atoms with Crippen LogP contribution in [0.25, 0.3) is 0 Å².